The van der Waals surface area contributed by atoms with Crippen LogP contribution in [0.25, 0.3) is 0 Å². The summed E-state index contributed by atoms with van der Waals surface area (Å²) in [5.41, 5.74) is 0. The summed E-state index contributed by atoms with van der Waals surface area (Å²) in [5, 5.41) is 0. The minimum Gasteiger partial charge on any atom is -0.465 e. The number of rotatable bonds is 2. The Balaban J connectivity index is 0.000000321. The average Bonchev–Trinajstić information content (AvgIpc) is 2.26. The van der Waals surface area contributed by atoms with E-state index in [1.165, 1.54) is 37.8 Å². The Kier molecular flexibility index (Phi) is 10.1. The fourth-order valence-corrected chi connectivity index (χ4v) is 13.0. The predicted octanol–water partition coefficient (Wildman–Crippen LogP) is 3.25. The summed E-state index contributed by atoms with van der Waals surface area (Å²) in [7, 11) is -2.48. The molecule has 2 nitrogen and oxygen atoms in total. The van der Waals surface area contributed by atoms with Crippen molar-refractivity contribution in [1.82, 2.24) is 0 Å². The van der Waals surface area contributed by atoms with Gasteiger partial charge in [-0.2, -0.15) is 0 Å². The first-order valence-corrected chi connectivity index (χ1v) is 17.5. The molecule has 1 rings (SSSR count). The lowest BCUT2D eigenvalue weighted by Gasteiger charge is -2.27. The second kappa shape index (κ2) is 9.65. The SMILES string of the molecule is C1CCC[SiH2]O[SiH2]CC1.C[Si](C)(C)O[Si](C)(C)C. The van der Waals surface area contributed by atoms with Crippen molar-refractivity contribution >= 4 is 36.2 Å². The maximum Gasteiger partial charge on any atom is 0.170 e. The first-order valence-electron chi connectivity index (χ1n) is 7.49. The molecule has 18 heavy (non-hydrogen) atoms. The number of hydrogen-bond acceptors (Lipinski definition) is 2. The highest BCUT2D eigenvalue weighted by atomic mass is 28.4. The molecule has 0 amide bonds. The molecule has 1 saturated heterocycles. The molecule has 0 bridgehead atoms. The van der Waals surface area contributed by atoms with Gasteiger partial charge in [0.1, 0.15) is 19.5 Å². The third-order valence-electron chi connectivity index (χ3n) is 2.44. The molecule has 0 atom stereocenters. The Morgan fingerprint density at radius 2 is 1.11 bits per heavy atom. The van der Waals surface area contributed by atoms with Gasteiger partial charge in [0.15, 0.2) is 16.6 Å². The van der Waals surface area contributed by atoms with E-state index in [-0.39, 0.29) is 19.5 Å². The maximum absolute atomic E-state index is 5.90. The van der Waals surface area contributed by atoms with E-state index in [1.54, 1.807) is 0 Å². The van der Waals surface area contributed by atoms with Crippen molar-refractivity contribution in [3.63, 3.8) is 0 Å². The van der Waals surface area contributed by atoms with Crippen LogP contribution >= 0.6 is 0 Å². The first kappa shape index (κ1) is 18.8. The van der Waals surface area contributed by atoms with Gasteiger partial charge < -0.3 is 8.23 Å². The molecule has 1 aliphatic heterocycles. The van der Waals surface area contributed by atoms with E-state index in [0.29, 0.717) is 0 Å². The molecule has 0 spiro atoms. The summed E-state index contributed by atoms with van der Waals surface area (Å²) in [6.07, 6.45) is 5.87. The zero-order valence-corrected chi connectivity index (χ0v) is 18.3. The van der Waals surface area contributed by atoms with Crippen LogP contribution in [-0.4, -0.2) is 36.2 Å². The van der Waals surface area contributed by atoms with Crippen LogP contribution in [0.3, 0.4) is 0 Å². The van der Waals surface area contributed by atoms with Crippen LogP contribution in [0.15, 0.2) is 0 Å². The van der Waals surface area contributed by atoms with E-state index in [0.717, 1.165) is 0 Å². The first-order chi connectivity index (χ1) is 8.21. The Labute approximate surface area is 121 Å². The zero-order chi connectivity index (χ0) is 14.1. The molecular formula is C12H34O2Si4. The topological polar surface area (TPSA) is 18.5 Å². The van der Waals surface area contributed by atoms with Gasteiger partial charge in [-0.1, -0.05) is 25.7 Å². The maximum atomic E-state index is 5.90. The molecular weight excluding hydrogens is 288 g/mol. The van der Waals surface area contributed by atoms with Gasteiger partial charge in [-0.15, -0.1) is 0 Å². The summed E-state index contributed by atoms with van der Waals surface area (Å²) in [5.74, 6) is 0. The van der Waals surface area contributed by atoms with Crippen LogP contribution in [0.5, 0.6) is 0 Å². The predicted molar refractivity (Wildman–Crippen MR) is 94.0 cm³/mol. The molecule has 0 saturated carbocycles. The molecule has 1 heterocycles. The average molecular weight is 323 g/mol. The van der Waals surface area contributed by atoms with Gasteiger partial charge in [-0.05, 0) is 51.4 Å². The summed E-state index contributed by atoms with van der Waals surface area (Å²) in [6, 6.07) is 2.90. The molecule has 110 valence electrons. The van der Waals surface area contributed by atoms with Crippen molar-refractivity contribution in [2.75, 3.05) is 0 Å². The van der Waals surface area contributed by atoms with Crippen LogP contribution in [0.2, 0.25) is 51.4 Å². The van der Waals surface area contributed by atoms with Crippen molar-refractivity contribution < 1.29 is 8.23 Å². The summed E-state index contributed by atoms with van der Waals surface area (Å²) in [6.45, 7) is 13.4. The quantitative estimate of drug-likeness (QED) is 0.727. The third-order valence-corrected chi connectivity index (χ3v) is 11.2. The minimum absolute atomic E-state index is 0.00895. The highest BCUT2D eigenvalue weighted by Gasteiger charge is 2.24. The molecule has 0 aromatic carbocycles. The zero-order valence-electron chi connectivity index (χ0n) is 13.5. The lowest BCUT2D eigenvalue weighted by molar-refractivity contribution is 0.559. The van der Waals surface area contributed by atoms with E-state index >= 15 is 0 Å². The standard InChI is InChI=1S/C6H16OSi2.C6H18OSi2/c1-2-4-6-9-7-8-5-3-1;1-8(2,3)7-9(4,5)6/h1-6,8-9H2;1-6H3. The Morgan fingerprint density at radius 3 is 1.39 bits per heavy atom. The van der Waals surface area contributed by atoms with E-state index < -0.39 is 16.6 Å². The van der Waals surface area contributed by atoms with Crippen molar-refractivity contribution in [2.24, 2.45) is 0 Å². The van der Waals surface area contributed by atoms with Crippen molar-refractivity contribution in [1.29, 1.82) is 0 Å². The second-order valence-corrected chi connectivity index (χ2v) is 20.2. The molecule has 0 N–H and O–H groups in total. The number of hydrogen-bond donors (Lipinski definition) is 0. The molecule has 0 radical (unpaired) electrons. The highest BCUT2D eigenvalue weighted by Crippen LogP contribution is 2.12. The molecule has 0 unspecified atom stereocenters. The van der Waals surface area contributed by atoms with Gasteiger partial charge in [-0.3, -0.25) is 0 Å². The van der Waals surface area contributed by atoms with Crippen molar-refractivity contribution in [3.8, 4) is 0 Å². The summed E-state index contributed by atoms with van der Waals surface area (Å²) in [4.78, 5) is 0. The normalized spacial score (nSPS) is 21.7. The minimum atomic E-state index is -1.23. The third kappa shape index (κ3) is 16.8. The molecule has 0 aliphatic carbocycles. The van der Waals surface area contributed by atoms with E-state index in [1.807, 2.05) is 0 Å². The fourth-order valence-electron chi connectivity index (χ4n) is 2.14. The van der Waals surface area contributed by atoms with Gasteiger partial charge >= 0.3 is 0 Å². The van der Waals surface area contributed by atoms with Crippen LogP contribution in [-0.2, 0) is 8.23 Å². The molecule has 0 aromatic heterocycles. The lowest BCUT2D eigenvalue weighted by atomic mass is 10.2. The molecule has 0 aromatic rings. The van der Waals surface area contributed by atoms with Crippen LogP contribution in [0.4, 0.5) is 0 Å². The Morgan fingerprint density at radius 1 is 0.722 bits per heavy atom. The van der Waals surface area contributed by atoms with Gasteiger partial charge in [0, 0.05) is 0 Å². The lowest BCUT2D eigenvalue weighted by Crippen LogP contribution is -2.39. The highest BCUT2D eigenvalue weighted by molar-refractivity contribution is 6.83. The van der Waals surface area contributed by atoms with Gasteiger partial charge in [0.25, 0.3) is 0 Å². The molecule has 1 aliphatic rings. The van der Waals surface area contributed by atoms with E-state index in [9.17, 15) is 0 Å². The molecule has 1 fully saturated rings. The Hall–Kier alpha value is 0.788. The van der Waals surface area contributed by atoms with Gasteiger partial charge in [-0.25, -0.2) is 0 Å². The Bertz CT molecular complexity index is 159. The van der Waals surface area contributed by atoms with Crippen LogP contribution < -0.4 is 0 Å². The van der Waals surface area contributed by atoms with Crippen LogP contribution in [0.1, 0.15) is 25.7 Å². The van der Waals surface area contributed by atoms with E-state index in [2.05, 4.69) is 39.3 Å². The van der Waals surface area contributed by atoms with E-state index in [4.69, 9.17) is 8.23 Å². The largest absolute Gasteiger partial charge is 0.465 e. The molecule has 6 heteroatoms. The summed E-state index contributed by atoms with van der Waals surface area (Å²) >= 11 is 0. The summed E-state index contributed by atoms with van der Waals surface area (Å²) < 4.78 is 11.5. The van der Waals surface area contributed by atoms with Gasteiger partial charge in [0.2, 0.25) is 0 Å². The fraction of sp³-hybridized carbons (Fsp3) is 1.00. The van der Waals surface area contributed by atoms with Gasteiger partial charge in [0.05, 0.1) is 0 Å². The van der Waals surface area contributed by atoms with Crippen LogP contribution in [0, 0.1) is 0 Å². The second-order valence-electron chi connectivity index (χ2n) is 7.06. The van der Waals surface area contributed by atoms with Crippen molar-refractivity contribution in [3.05, 3.63) is 0 Å². The smallest absolute Gasteiger partial charge is 0.170 e. The monoisotopic (exact) mass is 322 g/mol. The van der Waals surface area contributed by atoms with Crippen molar-refractivity contribution in [2.45, 2.75) is 77.1 Å².